The van der Waals surface area contributed by atoms with E-state index in [1.807, 2.05) is 31.2 Å². The molecule has 0 aliphatic rings. The molecule has 0 bridgehead atoms. The third-order valence-electron chi connectivity index (χ3n) is 3.93. The number of nitrogens with one attached hydrogen (secondary N) is 1. The van der Waals surface area contributed by atoms with Crippen molar-refractivity contribution in [2.75, 3.05) is 5.32 Å². The predicted molar refractivity (Wildman–Crippen MR) is 106 cm³/mol. The molecule has 24 heavy (non-hydrogen) atoms. The molecule has 128 valence electrons. The van der Waals surface area contributed by atoms with Gasteiger partial charge in [0, 0.05) is 10.7 Å². The van der Waals surface area contributed by atoms with E-state index in [1.165, 1.54) is 11.1 Å². The monoisotopic (exact) mass is 342 g/mol. The molecule has 1 atom stereocenters. The molecular weight excluding hydrogens is 316 g/mol. The van der Waals surface area contributed by atoms with E-state index in [-0.39, 0.29) is 11.5 Å². The highest BCUT2D eigenvalue weighted by Crippen LogP contribution is 2.22. The van der Waals surface area contributed by atoms with E-state index in [0.29, 0.717) is 0 Å². The van der Waals surface area contributed by atoms with Crippen molar-refractivity contribution in [1.29, 1.82) is 0 Å². The summed E-state index contributed by atoms with van der Waals surface area (Å²) in [5, 5.41) is 4.04. The van der Waals surface area contributed by atoms with Crippen molar-refractivity contribution in [3.05, 3.63) is 64.7 Å². The van der Waals surface area contributed by atoms with Crippen molar-refractivity contribution in [3.8, 4) is 0 Å². The largest absolute Gasteiger partial charge is 0.344 e. The lowest BCUT2D eigenvalue weighted by Crippen LogP contribution is -2.14. The number of nitrogens with zero attached hydrogens (tertiary/aromatic N) is 1. The van der Waals surface area contributed by atoms with Crippen LogP contribution in [0.1, 0.15) is 45.7 Å². The molecular formula is C21H27ClN2. The number of amidine groups is 1. The Kier molecular flexibility index (Phi) is 6.06. The van der Waals surface area contributed by atoms with Crippen molar-refractivity contribution in [3.63, 3.8) is 0 Å². The van der Waals surface area contributed by atoms with Gasteiger partial charge in [-0.1, -0.05) is 56.6 Å². The molecule has 0 aliphatic heterocycles. The minimum atomic E-state index is 0.196. The predicted octanol–water partition coefficient (Wildman–Crippen LogP) is 6.10. The van der Waals surface area contributed by atoms with Crippen molar-refractivity contribution in [2.24, 2.45) is 4.99 Å². The number of halogens is 1. The molecule has 0 heterocycles. The Morgan fingerprint density at radius 1 is 1.04 bits per heavy atom. The molecule has 0 saturated carbocycles. The Labute approximate surface area is 151 Å². The van der Waals surface area contributed by atoms with Gasteiger partial charge in [-0.2, -0.15) is 0 Å². The third-order valence-corrected chi connectivity index (χ3v) is 4.19. The summed E-state index contributed by atoms with van der Waals surface area (Å²) < 4.78 is 0. The molecule has 2 rings (SSSR count). The highest BCUT2D eigenvalue weighted by atomic mass is 35.5. The Bertz CT molecular complexity index is 679. The van der Waals surface area contributed by atoms with Gasteiger partial charge in [-0.15, -0.1) is 0 Å². The number of hydrogen-bond donors (Lipinski definition) is 1. The average molecular weight is 343 g/mol. The van der Waals surface area contributed by atoms with Crippen LogP contribution in [0, 0.1) is 0 Å². The van der Waals surface area contributed by atoms with Gasteiger partial charge in [-0.25, -0.2) is 0 Å². The van der Waals surface area contributed by atoms with Gasteiger partial charge in [0.2, 0.25) is 0 Å². The van der Waals surface area contributed by atoms with E-state index in [9.17, 15) is 0 Å². The van der Waals surface area contributed by atoms with Crippen LogP contribution in [0.5, 0.6) is 0 Å². The van der Waals surface area contributed by atoms with E-state index < -0.39 is 0 Å². The summed E-state index contributed by atoms with van der Waals surface area (Å²) in [6, 6.07) is 16.8. The maximum absolute atomic E-state index is 5.90. The Hall–Kier alpha value is -1.80. The van der Waals surface area contributed by atoms with Gasteiger partial charge in [0.05, 0.1) is 11.9 Å². The fourth-order valence-corrected chi connectivity index (χ4v) is 2.76. The number of hydrogen-bond acceptors (Lipinski definition) is 1. The Morgan fingerprint density at radius 2 is 1.62 bits per heavy atom. The van der Waals surface area contributed by atoms with Crippen LogP contribution < -0.4 is 5.32 Å². The zero-order valence-corrected chi connectivity index (χ0v) is 16.0. The molecule has 0 aromatic heterocycles. The van der Waals surface area contributed by atoms with E-state index in [2.05, 4.69) is 57.3 Å². The lowest BCUT2D eigenvalue weighted by atomic mass is 9.86. The first-order valence-corrected chi connectivity index (χ1v) is 8.78. The second kappa shape index (κ2) is 7.85. The first kappa shape index (κ1) is 18.5. The highest BCUT2D eigenvalue weighted by molar-refractivity contribution is 6.30. The minimum absolute atomic E-state index is 0.196. The third kappa shape index (κ3) is 5.68. The molecule has 0 aliphatic carbocycles. The molecule has 2 aromatic rings. The number of aliphatic imine (C=N–C) groups is 1. The average Bonchev–Trinajstić information content (AvgIpc) is 2.49. The van der Waals surface area contributed by atoms with Gasteiger partial charge in [0.15, 0.2) is 0 Å². The van der Waals surface area contributed by atoms with Crippen molar-refractivity contribution >= 4 is 23.1 Å². The van der Waals surface area contributed by atoms with Crippen molar-refractivity contribution < 1.29 is 0 Å². The topological polar surface area (TPSA) is 24.4 Å². The second-order valence-electron chi connectivity index (χ2n) is 7.35. The maximum atomic E-state index is 5.90. The van der Waals surface area contributed by atoms with Gasteiger partial charge in [0.25, 0.3) is 0 Å². The second-order valence-corrected chi connectivity index (χ2v) is 7.78. The van der Waals surface area contributed by atoms with Gasteiger partial charge < -0.3 is 5.32 Å². The van der Waals surface area contributed by atoms with Gasteiger partial charge >= 0.3 is 0 Å². The van der Waals surface area contributed by atoms with E-state index in [1.54, 1.807) is 0 Å². The van der Waals surface area contributed by atoms with E-state index >= 15 is 0 Å². The van der Waals surface area contributed by atoms with Gasteiger partial charge in [0.1, 0.15) is 0 Å². The summed E-state index contributed by atoms with van der Waals surface area (Å²) in [5.41, 5.74) is 3.88. The van der Waals surface area contributed by atoms with Crippen LogP contribution >= 0.6 is 11.6 Å². The number of rotatable bonds is 4. The van der Waals surface area contributed by atoms with Crippen LogP contribution in [-0.2, 0) is 11.8 Å². The smallest absolute Gasteiger partial charge is 0.0978 e. The first-order chi connectivity index (χ1) is 11.2. The molecule has 0 saturated heterocycles. The number of benzene rings is 2. The van der Waals surface area contributed by atoms with Crippen LogP contribution in [0.4, 0.5) is 5.69 Å². The Morgan fingerprint density at radius 3 is 2.17 bits per heavy atom. The van der Waals surface area contributed by atoms with Gasteiger partial charge in [-0.3, -0.25) is 4.99 Å². The normalized spacial score (nSPS) is 13.7. The zero-order valence-electron chi connectivity index (χ0n) is 15.2. The first-order valence-electron chi connectivity index (χ1n) is 8.40. The molecule has 2 nitrogen and oxygen atoms in total. The minimum Gasteiger partial charge on any atom is -0.344 e. The maximum Gasteiger partial charge on any atom is 0.0978 e. The molecule has 0 amide bonds. The fraction of sp³-hybridized carbons (Fsp3) is 0.381. The van der Waals surface area contributed by atoms with Crippen molar-refractivity contribution in [1.82, 2.24) is 0 Å². The fourth-order valence-electron chi connectivity index (χ4n) is 2.63. The van der Waals surface area contributed by atoms with Crippen LogP contribution in [0.2, 0.25) is 5.02 Å². The lowest BCUT2D eigenvalue weighted by Gasteiger charge is -2.19. The van der Waals surface area contributed by atoms with Crippen LogP contribution in [0.25, 0.3) is 0 Å². The molecule has 0 radical (unpaired) electrons. The quantitative estimate of drug-likeness (QED) is 0.527. The molecule has 1 N–H and O–H groups in total. The summed E-state index contributed by atoms with van der Waals surface area (Å²) in [6.45, 7) is 10.8. The van der Waals surface area contributed by atoms with Gasteiger partial charge in [-0.05, 0) is 61.1 Å². The molecule has 0 spiro atoms. The van der Waals surface area contributed by atoms with E-state index in [4.69, 9.17) is 16.6 Å². The molecule has 1 unspecified atom stereocenters. The summed E-state index contributed by atoms with van der Waals surface area (Å²) in [6.07, 6.45) is 0.935. The highest BCUT2D eigenvalue weighted by Gasteiger charge is 2.13. The lowest BCUT2D eigenvalue weighted by molar-refractivity contribution is 0.589. The molecule has 3 heteroatoms. The van der Waals surface area contributed by atoms with Crippen LogP contribution in [0.3, 0.4) is 0 Å². The standard InChI is InChI=1S/C21H27ClN2/c1-15(14-17-6-8-18(9-7-17)21(3,4)5)23-16(2)24-20-12-10-19(22)11-13-20/h6-13,15H,14H2,1-5H3,(H,23,24). The summed E-state index contributed by atoms with van der Waals surface area (Å²) >= 11 is 5.90. The van der Waals surface area contributed by atoms with Crippen LogP contribution in [0.15, 0.2) is 53.5 Å². The van der Waals surface area contributed by atoms with E-state index in [0.717, 1.165) is 23.0 Å². The summed E-state index contributed by atoms with van der Waals surface area (Å²) in [4.78, 5) is 4.73. The molecule has 2 aromatic carbocycles. The zero-order chi connectivity index (χ0) is 17.7. The Balaban J connectivity index is 1.96. The summed E-state index contributed by atoms with van der Waals surface area (Å²) in [7, 11) is 0. The SMILES string of the molecule is CC(=NC(C)Cc1ccc(C(C)(C)C)cc1)Nc1ccc(Cl)cc1. The number of anilines is 1. The van der Waals surface area contributed by atoms with Crippen LogP contribution in [-0.4, -0.2) is 11.9 Å². The molecule has 0 fully saturated rings. The van der Waals surface area contributed by atoms with Crippen molar-refractivity contribution in [2.45, 2.75) is 52.5 Å². The summed E-state index contributed by atoms with van der Waals surface area (Å²) in [5.74, 6) is 0.913.